The zero-order valence-electron chi connectivity index (χ0n) is 12.6. The van der Waals surface area contributed by atoms with E-state index in [1.54, 1.807) is 24.7 Å². The second kappa shape index (κ2) is 6.74. The molecule has 0 aliphatic rings. The Balaban J connectivity index is 1.68. The highest BCUT2D eigenvalue weighted by molar-refractivity contribution is 6.04. The number of hydrogen-bond acceptors (Lipinski definition) is 4. The number of imidazole rings is 1. The highest BCUT2D eigenvalue weighted by Gasteiger charge is 2.11. The van der Waals surface area contributed by atoms with Gasteiger partial charge >= 0.3 is 0 Å². The van der Waals surface area contributed by atoms with Crippen molar-refractivity contribution in [3.8, 4) is 0 Å². The predicted molar refractivity (Wildman–Crippen MR) is 88.8 cm³/mol. The summed E-state index contributed by atoms with van der Waals surface area (Å²) < 4.78 is 1.94. The van der Waals surface area contributed by atoms with Crippen LogP contribution in [-0.2, 0) is 6.54 Å². The molecule has 1 heterocycles. The van der Waals surface area contributed by atoms with Gasteiger partial charge in [-0.05, 0) is 23.8 Å². The molecule has 7 heteroatoms. The largest absolute Gasteiger partial charge is 0.333 e. The molecule has 120 valence electrons. The van der Waals surface area contributed by atoms with Crippen molar-refractivity contribution in [2.24, 2.45) is 0 Å². The van der Waals surface area contributed by atoms with Crippen molar-refractivity contribution in [2.75, 3.05) is 5.32 Å². The highest BCUT2D eigenvalue weighted by atomic mass is 16.6. The van der Waals surface area contributed by atoms with Crippen molar-refractivity contribution in [1.29, 1.82) is 0 Å². The third-order valence-corrected chi connectivity index (χ3v) is 3.46. The summed E-state index contributed by atoms with van der Waals surface area (Å²) >= 11 is 0. The number of hydrogen-bond donors (Lipinski definition) is 1. The van der Waals surface area contributed by atoms with Gasteiger partial charge in [0, 0.05) is 42.3 Å². The van der Waals surface area contributed by atoms with E-state index >= 15 is 0 Å². The molecule has 3 aromatic rings. The first-order chi connectivity index (χ1) is 11.6. The zero-order valence-corrected chi connectivity index (χ0v) is 12.6. The normalized spacial score (nSPS) is 10.3. The summed E-state index contributed by atoms with van der Waals surface area (Å²) in [6.45, 7) is 0.694. The first kappa shape index (κ1) is 15.4. The van der Waals surface area contributed by atoms with Crippen molar-refractivity contribution in [2.45, 2.75) is 6.54 Å². The number of nitrogens with zero attached hydrogens (tertiary/aromatic N) is 3. The Bertz CT molecular complexity index is 858. The Morgan fingerprint density at radius 1 is 1.21 bits per heavy atom. The van der Waals surface area contributed by atoms with E-state index in [1.807, 2.05) is 22.9 Å². The van der Waals surface area contributed by atoms with E-state index in [4.69, 9.17) is 0 Å². The van der Waals surface area contributed by atoms with Crippen LogP contribution in [0.4, 0.5) is 11.4 Å². The Morgan fingerprint density at radius 2 is 2.00 bits per heavy atom. The number of carbonyl (C=O) groups excluding carboxylic acids is 1. The molecule has 0 radical (unpaired) electrons. The average Bonchev–Trinajstić information content (AvgIpc) is 3.10. The Kier molecular flexibility index (Phi) is 4.33. The second-order valence-electron chi connectivity index (χ2n) is 5.19. The van der Waals surface area contributed by atoms with Crippen LogP contribution >= 0.6 is 0 Å². The van der Waals surface area contributed by atoms with Gasteiger partial charge in [-0.1, -0.05) is 18.2 Å². The molecule has 0 unspecified atom stereocenters. The topological polar surface area (TPSA) is 90.1 Å². The Labute approximate surface area is 137 Å². The van der Waals surface area contributed by atoms with E-state index in [0.29, 0.717) is 12.2 Å². The molecule has 24 heavy (non-hydrogen) atoms. The molecule has 0 bridgehead atoms. The van der Waals surface area contributed by atoms with Gasteiger partial charge in [0.05, 0.1) is 11.3 Å². The SMILES string of the molecule is O=C(Nc1ccc(Cn2ccnc2)cc1)c1cccc([N+](=O)[O-])c1. The first-order valence-corrected chi connectivity index (χ1v) is 7.22. The number of nitro benzene ring substituents is 1. The number of rotatable bonds is 5. The third-order valence-electron chi connectivity index (χ3n) is 3.46. The van der Waals surface area contributed by atoms with Crippen LogP contribution < -0.4 is 5.32 Å². The van der Waals surface area contributed by atoms with Crippen molar-refractivity contribution in [3.05, 3.63) is 88.5 Å². The summed E-state index contributed by atoms with van der Waals surface area (Å²) in [6.07, 6.45) is 5.32. The van der Waals surface area contributed by atoms with E-state index in [2.05, 4.69) is 10.3 Å². The molecule has 0 spiro atoms. The van der Waals surface area contributed by atoms with E-state index < -0.39 is 4.92 Å². The highest BCUT2D eigenvalue weighted by Crippen LogP contribution is 2.16. The van der Waals surface area contributed by atoms with Gasteiger partial charge in [0.25, 0.3) is 11.6 Å². The standard InChI is InChI=1S/C17H14N4O3/c22-17(14-2-1-3-16(10-14)21(23)24)19-15-6-4-13(5-7-15)11-20-9-8-18-12-20/h1-10,12H,11H2,(H,19,22). The number of nitro groups is 1. The van der Waals surface area contributed by atoms with Gasteiger partial charge in [0.1, 0.15) is 0 Å². The minimum atomic E-state index is -0.526. The fourth-order valence-corrected chi connectivity index (χ4v) is 2.25. The number of non-ortho nitro benzene ring substituents is 1. The number of anilines is 1. The molecular weight excluding hydrogens is 308 g/mol. The molecular formula is C17H14N4O3. The average molecular weight is 322 g/mol. The van der Waals surface area contributed by atoms with Crippen molar-refractivity contribution < 1.29 is 9.72 Å². The minimum Gasteiger partial charge on any atom is -0.333 e. The van der Waals surface area contributed by atoms with Crippen molar-refractivity contribution in [1.82, 2.24) is 9.55 Å². The summed E-state index contributed by atoms with van der Waals surface area (Å²) in [5.41, 5.74) is 1.83. The van der Waals surface area contributed by atoms with E-state index in [9.17, 15) is 14.9 Å². The van der Waals surface area contributed by atoms with Crippen molar-refractivity contribution >= 4 is 17.3 Å². The lowest BCUT2D eigenvalue weighted by Crippen LogP contribution is -2.12. The number of nitrogens with one attached hydrogen (secondary N) is 1. The van der Waals surface area contributed by atoms with Crippen LogP contribution in [0.15, 0.2) is 67.3 Å². The number of aromatic nitrogens is 2. The summed E-state index contributed by atoms with van der Waals surface area (Å²) in [5, 5.41) is 13.5. The van der Waals surface area contributed by atoms with Gasteiger partial charge in [-0.15, -0.1) is 0 Å². The molecule has 0 atom stereocenters. The van der Waals surface area contributed by atoms with E-state index in [0.717, 1.165) is 5.56 Å². The third kappa shape index (κ3) is 3.64. The maximum absolute atomic E-state index is 12.2. The molecule has 3 rings (SSSR count). The van der Waals surface area contributed by atoms with E-state index in [1.165, 1.54) is 24.3 Å². The summed E-state index contributed by atoms with van der Waals surface area (Å²) in [5.74, 6) is -0.388. The van der Waals surface area contributed by atoms with Gasteiger partial charge in [0.2, 0.25) is 0 Å². The van der Waals surface area contributed by atoms with Crippen LogP contribution in [0.2, 0.25) is 0 Å². The lowest BCUT2D eigenvalue weighted by atomic mass is 10.1. The fraction of sp³-hybridized carbons (Fsp3) is 0.0588. The zero-order chi connectivity index (χ0) is 16.9. The number of benzene rings is 2. The number of carbonyl (C=O) groups is 1. The van der Waals surface area contributed by atoms with Crippen LogP contribution in [-0.4, -0.2) is 20.4 Å². The predicted octanol–water partition coefficient (Wildman–Crippen LogP) is 3.09. The summed E-state index contributed by atoms with van der Waals surface area (Å²) in [4.78, 5) is 26.4. The molecule has 0 fully saturated rings. The molecule has 1 amide bonds. The Morgan fingerprint density at radius 3 is 2.67 bits per heavy atom. The first-order valence-electron chi connectivity index (χ1n) is 7.22. The maximum atomic E-state index is 12.2. The monoisotopic (exact) mass is 322 g/mol. The van der Waals surface area contributed by atoms with Gasteiger partial charge in [-0.2, -0.15) is 0 Å². The van der Waals surface area contributed by atoms with E-state index in [-0.39, 0.29) is 17.2 Å². The molecule has 0 saturated heterocycles. The quantitative estimate of drug-likeness (QED) is 0.577. The van der Waals surface area contributed by atoms with Gasteiger partial charge in [-0.25, -0.2) is 4.98 Å². The van der Waals surface area contributed by atoms with Crippen LogP contribution in [0.5, 0.6) is 0 Å². The van der Waals surface area contributed by atoms with Crippen molar-refractivity contribution in [3.63, 3.8) is 0 Å². The Hall–Kier alpha value is -3.48. The lowest BCUT2D eigenvalue weighted by molar-refractivity contribution is -0.384. The molecule has 1 aromatic heterocycles. The number of amides is 1. The molecule has 2 aromatic carbocycles. The molecule has 7 nitrogen and oxygen atoms in total. The van der Waals surface area contributed by atoms with Crippen LogP contribution in [0.1, 0.15) is 15.9 Å². The molecule has 1 N–H and O–H groups in total. The second-order valence-corrected chi connectivity index (χ2v) is 5.19. The van der Waals surface area contributed by atoms with Crippen LogP contribution in [0, 0.1) is 10.1 Å². The molecule has 0 aliphatic heterocycles. The fourth-order valence-electron chi connectivity index (χ4n) is 2.25. The summed E-state index contributed by atoms with van der Waals surface area (Å²) in [6, 6.07) is 13.0. The smallest absolute Gasteiger partial charge is 0.270 e. The molecule has 0 aliphatic carbocycles. The van der Waals surface area contributed by atoms with Crippen LogP contribution in [0.3, 0.4) is 0 Å². The lowest BCUT2D eigenvalue weighted by Gasteiger charge is -2.07. The van der Waals surface area contributed by atoms with Gasteiger partial charge in [0.15, 0.2) is 0 Å². The minimum absolute atomic E-state index is 0.113. The molecule has 0 saturated carbocycles. The van der Waals surface area contributed by atoms with Gasteiger partial charge in [-0.3, -0.25) is 14.9 Å². The van der Waals surface area contributed by atoms with Crippen LogP contribution in [0.25, 0.3) is 0 Å². The van der Waals surface area contributed by atoms with Gasteiger partial charge < -0.3 is 9.88 Å². The maximum Gasteiger partial charge on any atom is 0.270 e. The summed E-state index contributed by atoms with van der Waals surface area (Å²) in [7, 11) is 0.